The van der Waals surface area contributed by atoms with Crippen LogP contribution in [0.3, 0.4) is 0 Å². The maximum absolute atomic E-state index is 11.9. The molecule has 0 unspecified atom stereocenters. The summed E-state index contributed by atoms with van der Waals surface area (Å²) in [6.45, 7) is 9.79. The molecular weight excluding hydrogens is 238 g/mol. The van der Waals surface area contributed by atoms with Crippen molar-refractivity contribution in [2.24, 2.45) is 0 Å². The van der Waals surface area contributed by atoms with Gasteiger partial charge in [0.15, 0.2) is 0 Å². The maximum Gasteiger partial charge on any atom is 0.243 e. The van der Waals surface area contributed by atoms with E-state index < -0.39 is 10.0 Å². The molecule has 0 saturated heterocycles. The van der Waals surface area contributed by atoms with E-state index in [1.54, 1.807) is 10.9 Å². The second kappa shape index (κ2) is 4.42. The van der Waals surface area contributed by atoms with Crippen LogP contribution in [-0.2, 0) is 15.4 Å². The fraction of sp³-hybridized carbons (Fsp3) is 0.727. The van der Waals surface area contributed by atoms with Crippen LogP contribution in [0.4, 0.5) is 0 Å². The average molecular weight is 259 g/mol. The van der Waals surface area contributed by atoms with E-state index in [1.807, 2.05) is 34.6 Å². The molecule has 0 bridgehead atoms. The van der Waals surface area contributed by atoms with Crippen molar-refractivity contribution in [3.05, 3.63) is 11.9 Å². The molecule has 6 heteroatoms. The Morgan fingerprint density at radius 3 is 2.24 bits per heavy atom. The van der Waals surface area contributed by atoms with Gasteiger partial charge in [-0.05, 0) is 20.9 Å². The lowest BCUT2D eigenvalue weighted by molar-refractivity contribution is 0.493. The Labute approximate surface area is 103 Å². The maximum atomic E-state index is 11.9. The summed E-state index contributed by atoms with van der Waals surface area (Å²) in [6.07, 6.45) is 1.59. The van der Waals surface area contributed by atoms with Crippen molar-refractivity contribution in [3.63, 3.8) is 0 Å². The lowest BCUT2D eigenvalue weighted by Gasteiger charge is -2.17. The third-order valence-corrected chi connectivity index (χ3v) is 3.91. The molecule has 0 spiro atoms. The van der Waals surface area contributed by atoms with E-state index in [1.165, 1.54) is 7.05 Å². The first-order valence-corrected chi connectivity index (χ1v) is 7.11. The van der Waals surface area contributed by atoms with E-state index in [4.69, 9.17) is 0 Å². The number of nitrogens with one attached hydrogen (secondary N) is 1. The minimum absolute atomic E-state index is 0.136. The van der Waals surface area contributed by atoms with Crippen LogP contribution in [0.25, 0.3) is 0 Å². The summed E-state index contributed by atoms with van der Waals surface area (Å²) in [7, 11) is -2.05. The van der Waals surface area contributed by atoms with Crippen LogP contribution in [0.5, 0.6) is 0 Å². The van der Waals surface area contributed by atoms with Gasteiger partial charge in [-0.3, -0.25) is 4.68 Å². The molecule has 98 valence electrons. The lowest BCUT2D eigenvalue weighted by Crippen LogP contribution is -2.23. The molecule has 0 atom stereocenters. The number of nitrogens with zero attached hydrogens (tertiary/aromatic N) is 2. The summed E-state index contributed by atoms with van der Waals surface area (Å²) >= 11 is 0. The molecule has 0 aliphatic rings. The fourth-order valence-electron chi connectivity index (χ4n) is 1.47. The number of aromatic nitrogens is 2. The highest BCUT2D eigenvalue weighted by Gasteiger charge is 2.29. The Hall–Kier alpha value is -0.880. The predicted molar refractivity (Wildman–Crippen MR) is 67.6 cm³/mol. The van der Waals surface area contributed by atoms with Gasteiger partial charge in [0.2, 0.25) is 10.0 Å². The van der Waals surface area contributed by atoms with Crippen molar-refractivity contribution in [3.8, 4) is 0 Å². The molecule has 1 aromatic heterocycles. The number of rotatable bonds is 3. The van der Waals surface area contributed by atoms with Crippen LogP contribution in [-0.4, -0.2) is 25.2 Å². The summed E-state index contributed by atoms with van der Waals surface area (Å²) in [6, 6.07) is 0.136. The molecule has 0 radical (unpaired) electrons. The highest BCUT2D eigenvalue weighted by Crippen LogP contribution is 2.28. The molecule has 0 aliphatic carbocycles. The van der Waals surface area contributed by atoms with Gasteiger partial charge in [-0.15, -0.1) is 0 Å². The van der Waals surface area contributed by atoms with Crippen LogP contribution in [0, 0.1) is 0 Å². The van der Waals surface area contributed by atoms with E-state index in [0.29, 0.717) is 5.69 Å². The van der Waals surface area contributed by atoms with Crippen LogP contribution < -0.4 is 4.72 Å². The SMILES string of the molecule is CNS(=O)(=O)c1cn(C(C)C)nc1C(C)(C)C. The number of sulfonamides is 1. The van der Waals surface area contributed by atoms with Gasteiger partial charge in [-0.2, -0.15) is 5.10 Å². The van der Waals surface area contributed by atoms with Crippen molar-refractivity contribution in [1.82, 2.24) is 14.5 Å². The van der Waals surface area contributed by atoms with Crippen LogP contribution in [0.2, 0.25) is 0 Å². The largest absolute Gasteiger partial charge is 0.269 e. The molecule has 0 saturated carbocycles. The minimum Gasteiger partial charge on any atom is -0.269 e. The van der Waals surface area contributed by atoms with Gasteiger partial charge in [0.05, 0.1) is 5.69 Å². The van der Waals surface area contributed by atoms with E-state index >= 15 is 0 Å². The summed E-state index contributed by atoms with van der Waals surface area (Å²) in [5.74, 6) is 0. The van der Waals surface area contributed by atoms with E-state index in [-0.39, 0.29) is 16.4 Å². The first-order chi connectivity index (χ1) is 7.59. The third kappa shape index (κ3) is 2.87. The molecule has 5 nitrogen and oxygen atoms in total. The molecule has 1 aromatic rings. The summed E-state index contributed by atoms with van der Waals surface area (Å²) in [5.41, 5.74) is 0.292. The van der Waals surface area contributed by atoms with E-state index in [9.17, 15) is 8.42 Å². The molecule has 0 aromatic carbocycles. The quantitative estimate of drug-likeness (QED) is 0.898. The van der Waals surface area contributed by atoms with Gasteiger partial charge < -0.3 is 0 Å². The lowest BCUT2D eigenvalue weighted by atomic mass is 9.92. The van der Waals surface area contributed by atoms with Crippen LogP contribution >= 0.6 is 0 Å². The zero-order chi connectivity index (χ0) is 13.4. The Kier molecular flexibility index (Phi) is 3.69. The van der Waals surface area contributed by atoms with E-state index in [2.05, 4.69) is 9.82 Å². The van der Waals surface area contributed by atoms with Crippen LogP contribution in [0.1, 0.15) is 46.4 Å². The molecular formula is C11H21N3O2S. The molecule has 1 heterocycles. The highest BCUT2D eigenvalue weighted by molar-refractivity contribution is 7.89. The van der Waals surface area contributed by atoms with Gasteiger partial charge >= 0.3 is 0 Å². The van der Waals surface area contributed by atoms with Crippen molar-refractivity contribution >= 4 is 10.0 Å². The van der Waals surface area contributed by atoms with Gasteiger partial charge in [-0.1, -0.05) is 20.8 Å². The molecule has 0 fully saturated rings. The van der Waals surface area contributed by atoms with Crippen molar-refractivity contribution in [2.75, 3.05) is 7.05 Å². The monoisotopic (exact) mass is 259 g/mol. The molecule has 0 amide bonds. The average Bonchev–Trinajstić information content (AvgIpc) is 2.62. The molecule has 1 rings (SSSR count). The smallest absolute Gasteiger partial charge is 0.243 e. The minimum atomic E-state index is -3.46. The molecule has 0 aliphatic heterocycles. The Bertz CT molecular complexity index is 495. The normalized spacial score (nSPS) is 13.4. The topological polar surface area (TPSA) is 64.0 Å². The second-order valence-electron chi connectivity index (χ2n) is 5.37. The Balaban J connectivity index is 3.48. The van der Waals surface area contributed by atoms with Gasteiger partial charge in [0.25, 0.3) is 0 Å². The first kappa shape index (κ1) is 14.2. The standard InChI is InChI=1S/C11H21N3O2S/c1-8(2)14-7-9(17(15,16)12-6)10(13-14)11(3,4)5/h7-8,12H,1-6H3. The predicted octanol–water partition coefficient (Wildman–Crippen LogP) is 1.67. The number of hydrogen-bond donors (Lipinski definition) is 1. The van der Waals surface area contributed by atoms with Gasteiger partial charge in [0.1, 0.15) is 4.90 Å². The fourth-order valence-corrected chi connectivity index (χ4v) is 2.53. The van der Waals surface area contributed by atoms with E-state index in [0.717, 1.165) is 0 Å². The van der Waals surface area contributed by atoms with Crippen molar-refractivity contribution in [2.45, 2.75) is 51.0 Å². The first-order valence-electron chi connectivity index (χ1n) is 5.62. The summed E-state index contributed by atoms with van der Waals surface area (Å²) < 4.78 is 27.9. The molecule has 1 N–H and O–H groups in total. The number of hydrogen-bond acceptors (Lipinski definition) is 3. The summed E-state index contributed by atoms with van der Waals surface area (Å²) in [4.78, 5) is 0.265. The zero-order valence-corrected chi connectivity index (χ0v) is 12.1. The summed E-state index contributed by atoms with van der Waals surface area (Å²) in [5, 5.41) is 4.39. The van der Waals surface area contributed by atoms with Gasteiger partial charge in [-0.25, -0.2) is 13.1 Å². The second-order valence-corrected chi connectivity index (χ2v) is 7.23. The highest BCUT2D eigenvalue weighted by atomic mass is 32.2. The third-order valence-electron chi connectivity index (χ3n) is 2.50. The van der Waals surface area contributed by atoms with Crippen molar-refractivity contribution < 1.29 is 8.42 Å². The zero-order valence-electron chi connectivity index (χ0n) is 11.3. The Morgan fingerprint density at radius 2 is 1.88 bits per heavy atom. The van der Waals surface area contributed by atoms with Crippen LogP contribution in [0.15, 0.2) is 11.1 Å². The van der Waals surface area contributed by atoms with Crippen molar-refractivity contribution in [1.29, 1.82) is 0 Å². The molecule has 17 heavy (non-hydrogen) atoms. The van der Waals surface area contributed by atoms with Gasteiger partial charge in [0, 0.05) is 17.7 Å². The Morgan fingerprint density at radius 1 is 1.35 bits per heavy atom.